The average Bonchev–Trinajstić information content (AvgIpc) is 3.76. The van der Waals surface area contributed by atoms with Gasteiger partial charge in [0.25, 0.3) is 5.69 Å². The Morgan fingerprint density at radius 3 is 2.15 bits per heavy atom. The Morgan fingerprint density at radius 2 is 1.49 bits per heavy atom. The van der Waals surface area contributed by atoms with Crippen molar-refractivity contribution in [3.05, 3.63) is 45.8 Å². The predicted octanol–water partition coefficient (Wildman–Crippen LogP) is 4.06. The van der Waals surface area contributed by atoms with Crippen molar-refractivity contribution in [3.8, 4) is 11.3 Å². The van der Waals surface area contributed by atoms with Gasteiger partial charge in [-0.05, 0) is 25.7 Å². The summed E-state index contributed by atoms with van der Waals surface area (Å²) in [7, 11) is 0. The number of piperazine rings is 1. The number of aromatic nitrogens is 3. The zero-order valence-electron chi connectivity index (χ0n) is 21.7. The maximum Gasteiger partial charge on any atom is 0.323 e. The molecule has 6 rings (SSSR count). The minimum absolute atomic E-state index is 0.00717. The highest BCUT2D eigenvalue weighted by molar-refractivity contribution is 7.14. The minimum atomic E-state index is -0.430. The van der Waals surface area contributed by atoms with Gasteiger partial charge in [0.1, 0.15) is 11.6 Å². The molecule has 0 aliphatic carbocycles. The van der Waals surface area contributed by atoms with Crippen molar-refractivity contribution in [2.24, 2.45) is 0 Å². The van der Waals surface area contributed by atoms with Crippen LogP contribution in [-0.2, 0) is 0 Å². The Bertz CT molecular complexity index is 1310. The smallest absolute Gasteiger partial charge is 0.323 e. The highest BCUT2D eigenvalue weighted by atomic mass is 32.1. The van der Waals surface area contributed by atoms with Crippen LogP contribution in [0.5, 0.6) is 0 Å². The van der Waals surface area contributed by atoms with E-state index in [0.29, 0.717) is 42.6 Å². The van der Waals surface area contributed by atoms with E-state index < -0.39 is 4.92 Å². The van der Waals surface area contributed by atoms with Crippen LogP contribution in [0.3, 0.4) is 0 Å². The van der Waals surface area contributed by atoms with E-state index in [0.717, 1.165) is 43.8 Å². The van der Waals surface area contributed by atoms with Crippen molar-refractivity contribution in [1.82, 2.24) is 19.9 Å². The second-order valence-electron chi connectivity index (χ2n) is 10.0. The normalized spacial score (nSPS) is 17.6. The molecule has 13 heteroatoms. The standard InChI is InChI=1S/C26H31N9O3S/c36-26(30-25-27-21(18-39-25)19-6-5-7-20(16-19)35(37)38)34-14-12-32(13-15-34)23-17-22(31-8-1-2-9-31)28-24(29-23)33-10-3-4-11-33/h5-7,16-18H,1-4,8-15H2,(H,27,30,36). The molecule has 3 aliphatic heterocycles. The van der Waals surface area contributed by atoms with Gasteiger partial charge in [-0.15, -0.1) is 11.3 Å². The van der Waals surface area contributed by atoms with E-state index >= 15 is 0 Å². The number of nitrogens with one attached hydrogen (secondary N) is 1. The first-order chi connectivity index (χ1) is 19.0. The van der Waals surface area contributed by atoms with Gasteiger partial charge in [-0.3, -0.25) is 15.4 Å². The number of hydrogen-bond donors (Lipinski definition) is 1. The second kappa shape index (κ2) is 11.0. The summed E-state index contributed by atoms with van der Waals surface area (Å²) in [5, 5.41) is 16.2. The van der Waals surface area contributed by atoms with Gasteiger partial charge in [0.2, 0.25) is 5.95 Å². The summed E-state index contributed by atoms with van der Waals surface area (Å²) in [6, 6.07) is 8.23. The van der Waals surface area contributed by atoms with Crippen LogP contribution in [0.25, 0.3) is 11.3 Å². The van der Waals surface area contributed by atoms with E-state index in [1.165, 1.54) is 49.2 Å². The largest absolute Gasteiger partial charge is 0.356 e. The number of nitro groups is 1. The van der Waals surface area contributed by atoms with Crippen molar-refractivity contribution in [1.29, 1.82) is 0 Å². The zero-order chi connectivity index (χ0) is 26.8. The highest BCUT2D eigenvalue weighted by Crippen LogP contribution is 2.29. The number of rotatable bonds is 6. The maximum atomic E-state index is 13.0. The van der Waals surface area contributed by atoms with Crippen LogP contribution >= 0.6 is 11.3 Å². The Morgan fingerprint density at radius 1 is 0.846 bits per heavy atom. The molecular weight excluding hydrogens is 518 g/mol. The topological polar surface area (TPSA) is 124 Å². The molecule has 0 spiro atoms. The summed E-state index contributed by atoms with van der Waals surface area (Å²) < 4.78 is 0. The van der Waals surface area contributed by atoms with Crippen molar-refractivity contribution >= 4 is 45.8 Å². The quantitative estimate of drug-likeness (QED) is 0.358. The molecule has 3 aromatic rings. The lowest BCUT2D eigenvalue weighted by Gasteiger charge is -2.35. The number of benzene rings is 1. The molecule has 0 radical (unpaired) electrons. The summed E-state index contributed by atoms with van der Waals surface area (Å²) in [6.07, 6.45) is 4.73. The fourth-order valence-corrected chi connectivity index (χ4v) is 6.00. The van der Waals surface area contributed by atoms with E-state index in [1.807, 2.05) is 0 Å². The zero-order valence-corrected chi connectivity index (χ0v) is 22.5. The first kappa shape index (κ1) is 25.3. The summed E-state index contributed by atoms with van der Waals surface area (Å²) >= 11 is 1.30. The lowest BCUT2D eigenvalue weighted by atomic mass is 10.1. The first-order valence-corrected chi connectivity index (χ1v) is 14.3. The van der Waals surface area contributed by atoms with Crippen LogP contribution in [0.4, 0.5) is 33.2 Å². The number of carbonyl (C=O) groups is 1. The van der Waals surface area contributed by atoms with Crippen molar-refractivity contribution in [2.45, 2.75) is 25.7 Å². The summed E-state index contributed by atoms with van der Waals surface area (Å²) in [6.45, 7) is 6.55. The van der Waals surface area contributed by atoms with Crippen LogP contribution in [-0.4, -0.2) is 83.2 Å². The van der Waals surface area contributed by atoms with Crippen LogP contribution in [0.2, 0.25) is 0 Å². The average molecular weight is 550 g/mol. The number of non-ortho nitro benzene ring substituents is 1. The van der Waals surface area contributed by atoms with Gasteiger partial charge < -0.3 is 19.6 Å². The van der Waals surface area contributed by atoms with Crippen LogP contribution in [0.1, 0.15) is 25.7 Å². The number of carbonyl (C=O) groups excluding carboxylic acids is 1. The molecule has 3 saturated heterocycles. The number of hydrogen-bond acceptors (Lipinski definition) is 10. The van der Waals surface area contributed by atoms with Gasteiger partial charge in [0.15, 0.2) is 5.13 Å². The monoisotopic (exact) mass is 549 g/mol. The van der Waals surface area contributed by atoms with Gasteiger partial charge in [-0.25, -0.2) is 9.78 Å². The Hall–Kier alpha value is -4.00. The molecule has 2 aromatic heterocycles. The molecule has 2 amide bonds. The number of thiazole rings is 1. The van der Waals surface area contributed by atoms with Gasteiger partial charge in [0, 0.05) is 81.5 Å². The second-order valence-corrected chi connectivity index (χ2v) is 10.9. The summed E-state index contributed by atoms with van der Waals surface area (Å²) in [4.78, 5) is 46.6. The minimum Gasteiger partial charge on any atom is -0.356 e. The summed E-state index contributed by atoms with van der Waals surface area (Å²) in [5.74, 6) is 2.74. The molecule has 0 bridgehead atoms. The number of nitrogens with zero attached hydrogens (tertiary/aromatic N) is 8. The van der Waals surface area contributed by atoms with Crippen LogP contribution < -0.4 is 20.0 Å². The number of urea groups is 1. The fraction of sp³-hybridized carbons (Fsp3) is 0.462. The Balaban J connectivity index is 1.10. The molecule has 1 N–H and O–H groups in total. The molecule has 3 aliphatic rings. The molecule has 204 valence electrons. The number of amides is 2. The lowest BCUT2D eigenvalue weighted by Crippen LogP contribution is -2.50. The molecular formula is C26H31N9O3S. The molecule has 0 unspecified atom stereocenters. The van der Waals surface area contributed by atoms with E-state index in [2.05, 4.69) is 31.1 Å². The third-order valence-corrected chi connectivity index (χ3v) is 8.23. The lowest BCUT2D eigenvalue weighted by molar-refractivity contribution is -0.384. The predicted molar refractivity (Wildman–Crippen MR) is 152 cm³/mol. The molecule has 3 fully saturated rings. The number of nitro benzene ring substituents is 1. The van der Waals surface area contributed by atoms with E-state index in [9.17, 15) is 14.9 Å². The van der Waals surface area contributed by atoms with Crippen molar-refractivity contribution < 1.29 is 9.72 Å². The van der Waals surface area contributed by atoms with E-state index in [1.54, 1.807) is 22.4 Å². The van der Waals surface area contributed by atoms with Gasteiger partial charge >= 0.3 is 6.03 Å². The molecule has 5 heterocycles. The molecule has 12 nitrogen and oxygen atoms in total. The van der Waals surface area contributed by atoms with Gasteiger partial charge in [0.05, 0.1) is 10.6 Å². The third-order valence-electron chi connectivity index (χ3n) is 7.47. The van der Waals surface area contributed by atoms with Crippen molar-refractivity contribution in [2.75, 3.05) is 72.4 Å². The Kier molecular flexibility index (Phi) is 7.14. The number of anilines is 4. The van der Waals surface area contributed by atoms with Crippen molar-refractivity contribution in [3.63, 3.8) is 0 Å². The highest BCUT2D eigenvalue weighted by Gasteiger charge is 2.26. The molecule has 39 heavy (non-hydrogen) atoms. The third kappa shape index (κ3) is 5.58. The SMILES string of the molecule is O=C(Nc1nc(-c2cccc([N+](=O)[O-])c2)cs1)N1CCN(c2cc(N3CCCC3)nc(N3CCCC3)n2)CC1. The molecule has 1 aromatic carbocycles. The summed E-state index contributed by atoms with van der Waals surface area (Å²) in [5.41, 5.74) is 1.24. The first-order valence-electron chi connectivity index (χ1n) is 13.4. The van der Waals surface area contributed by atoms with Gasteiger partial charge in [-0.2, -0.15) is 9.97 Å². The fourth-order valence-electron chi connectivity index (χ4n) is 5.29. The Labute approximate surface area is 230 Å². The van der Waals surface area contributed by atoms with Crippen LogP contribution in [0, 0.1) is 10.1 Å². The molecule has 0 saturated carbocycles. The van der Waals surface area contributed by atoms with Crippen LogP contribution in [0.15, 0.2) is 35.7 Å². The van der Waals surface area contributed by atoms with Gasteiger partial charge in [-0.1, -0.05) is 12.1 Å². The van der Waals surface area contributed by atoms with E-state index in [4.69, 9.17) is 9.97 Å². The molecule has 0 atom stereocenters. The van der Waals surface area contributed by atoms with E-state index in [-0.39, 0.29) is 11.7 Å². The maximum absolute atomic E-state index is 13.0.